The number of rotatable bonds is 2. The summed E-state index contributed by atoms with van der Waals surface area (Å²) >= 11 is 15.8. The monoisotopic (exact) mass is 793 g/mol. The summed E-state index contributed by atoms with van der Waals surface area (Å²) in [6, 6.07) is 6.98. The standard InChI is InChI=1S/C10H7ClINO2.C10H8ClNO2.C4H4INO2.Na.H/c1-15-10(14)7-3-6-5(2-8(7)11)4-13-9(6)12;1-14-10(13)8-2-6-4-12-5-7(6)3-9(8)11;5-6-3(7)1-2-4(6)8;;/h2-3H,4H2,1H3;2-4H,5H2,1H3;1-2H2;;/q;;;+1;-1. The van der Waals surface area contributed by atoms with Crippen molar-refractivity contribution in [3.05, 3.63) is 67.7 Å². The summed E-state index contributed by atoms with van der Waals surface area (Å²) in [4.78, 5) is 52.0. The number of halogens is 4. The van der Waals surface area contributed by atoms with E-state index in [-0.39, 0.29) is 42.8 Å². The van der Waals surface area contributed by atoms with E-state index in [0.717, 1.165) is 29.1 Å². The summed E-state index contributed by atoms with van der Waals surface area (Å²) in [5.41, 5.74) is 4.79. The number of nitrogens with zero attached hydrogens (tertiary/aromatic N) is 3. The minimum absolute atomic E-state index is 0. The molecule has 196 valence electrons. The van der Waals surface area contributed by atoms with Crippen LogP contribution in [-0.2, 0) is 32.2 Å². The molecule has 0 N–H and O–H groups in total. The maximum absolute atomic E-state index is 11.4. The van der Waals surface area contributed by atoms with Crippen molar-refractivity contribution in [2.24, 2.45) is 9.98 Å². The van der Waals surface area contributed by atoms with Gasteiger partial charge < -0.3 is 10.9 Å². The molecule has 14 heteroatoms. The maximum atomic E-state index is 11.4. The van der Waals surface area contributed by atoms with Crippen molar-refractivity contribution >= 4 is 102 Å². The normalized spacial score (nSPS) is 14.3. The molecule has 0 bridgehead atoms. The van der Waals surface area contributed by atoms with Gasteiger partial charge in [0.05, 0.1) is 71.3 Å². The molecule has 9 nitrogen and oxygen atoms in total. The number of carbonyl (C=O) groups is 4. The van der Waals surface area contributed by atoms with E-state index in [9.17, 15) is 19.2 Å². The van der Waals surface area contributed by atoms with Crippen LogP contribution < -0.4 is 29.6 Å². The molecule has 0 saturated carbocycles. The number of aliphatic imine (C=N–C) groups is 2. The molecule has 5 rings (SSSR count). The number of imide groups is 1. The van der Waals surface area contributed by atoms with E-state index in [4.69, 9.17) is 23.2 Å². The van der Waals surface area contributed by atoms with Gasteiger partial charge in [-0.2, -0.15) is 0 Å². The van der Waals surface area contributed by atoms with Gasteiger partial charge in [0, 0.05) is 24.6 Å². The van der Waals surface area contributed by atoms with E-state index < -0.39 is 11.9 Å². The number of hydrogen-bond donors (Lipinski definition) is 0. The van der Waals surface area contributed by atoms with Crippen LogP contribution >= 0.6 is 68.7 Å². The summed E-state index contributed by atoms with van der Waals surface area (Å²) in [5.74, 6) is -0.983. The average molecular weight is 794 g/mol. The Labute approximate surface area is 280 Å². The van der Waals surface area contributed by atoms with Gasteiger partial charge in [-0.1, -0.05) is 23.2 Å². The van der Waals surface area contributed by atoms with Crippen molar-refractivity contribution in [3.8, 4) is 0 Å². The maximum Gasteiger partial charge on any atom is 1.00 e. The Morgan fingerprint density at radius 1 is 0.921 bits per heavy atom. The van der Waals surface area contributed by atoms with Crippen LogP contribution in [-0.4, -0.2) is 51.0 Å². The third-order valence-electron chi connectivity index (χ3n) is 5.33. The Bertz CT molecular complexity index is 1340. The van der Waals surface area contributed by atoms with E-state index in [1.54, 1.807) is 53.3 Å². The Hall–Kier alpha value is -1.10. The van der Waals surface area contributed by atoms with Crippen LogP contribution in [0.15, 0.2) is 34.3 Å². The third kappa shape index (κ3) is 7.98. The Kier molecular flexibility index (Phi) is 13.1. The molecule has 0 aromatic heterocycles. The molecular weight excluding hydrogens is 774 g/mol. The molecule has 0 atom stereocenters. The molecule has 0 aliphatic carbocycles. The topological polar surface area (TPSA) is 115 Å². The predicted octanol–water partition coefficient (Wildman–Crippen LogP) is 2.48. The first-order chi connectivity index (χ1) is 17.6. The van der Waals surface area contributed by atoms with Crippen LogP contribution in [0.25, 0.3) is 0 Å². The molecule has 3 aliphatic rings. The fourth-order valence-corrected chi connectivity index (χ4v) is 5.07. The number of hydrogen-bond acceptors (Lipinski definition) is 8. The first kappa shape index (κ1) is 33.1. The summed E-state index contributed by atoms with van der Waals surface area (Å²) in [7, 11) is 2.67. The van der Waals surface area contributed by atoms with Crippen LogP contribution in [0.1, 0.15) is 57.2 Å². The number of carbonyl (C=O) groups excluding carboxylic acids is 4. The Morgan fingerprint density at radius 3 is 1.95 bits per heavy atom. The molecule has 0 radical (unpaired) electrons. The van der Waals surface area contributed by atoms with E-state index >= 15 is 0 Å². The van der Waals surface area contributed by atoms with Crippen molar-refractivity contribution < 1.29 is 59.6 Å². The van der Waals surface area contributed by atoms with Gasteiger partial charge in [-0.25, -0.2) is 12.7 Å². The van der Waals surface area contributed by atoms with E-state index in [1.807, 2.05) is 0 Å². The number of methoxy groups -OCH3 is 2. The average Bonchev–Trinajstić information content (AvgIpc) is 3.58. The van der Waals surface area contributed by atoms with Gasteiger partial charge in [0.25, 0.3) is 0 Å². The molecule has 1 fully saturated rings. The van der Waals surface area contributed by atoms with Gasteiger partial charge in [-0.15, -0.1) is 0 Å². The van der Waals surface area contributed by atoms with Gasteiger partial charge in [-0.3, -0.25) is 19.6 Å². The van der Waals surface area contributed by atoms with Crippen molar-refractivity contribution in [2.75, 3.05) is 14.2 Å². The fraction of sp³-hybridized carbons (Fsp3) is 0.250. The molecule has 38 heavy (non-hydrogen) atoms. The molecule has 2 amide bonds. The zero-order valence-corrected chi connectivity index (χ0v) is 28.3. The molecule has 2 aromatic rings. The quantitative estimate of drug-likeness (QED) is 0.152. The largest absolute Gasteiger partial charge is 1.00 e. The van der Waals surface area contributed by atoms with Crippen molar-refractivity contribution in [3.63, 3.8) is 0 Å². The van der Waals surface area contributed by atoms with Crippen LogP contribution in [0.4, 0.5) is 0 Å². The molecule has 3 aliphatic heterocycles. The van der Waals surface area contributed by atoms with E-state index in [0.29, 0.717) is 47.1 Å². The van der Waals surface area contributed by atoms with Crippen LogP contribution in [0, 0.1) is 0 Å². The number of esters is 2. The number of ether oxygens (including phenoxy) is 2. The smallest absolute Gasteiger partial charge is 1.00 e. The second-order valence-corrected chi connectivity index (χ2v) is 10.4. The van der Waals surface area contributed by atoms with E-state index in [1.165, 1.54) is 14.2 Å². The van der Waals surface area contributed by atoms with Crippen molar-refractivity contribution in [1.82, 2.24) is 3.11 Å². The zero-order valence-electron chi connectivity index (χ0n) is 21.5. The van der Waals surface area contributed by atoms with Crippen molar-refractivity contribution in [2.45, 2.75) is 25.9 Å². The van der Waals surface area contributed by atoms with Crippen molar-refractivity contribution in [1.29, 1.82) is 0 Å². The minimum Gasteiger partial charge on any atom is -1.00 e. The summed E-state index contributed by atoms with van der Waals surface area (Å²) in [6.07, 6.45) is 2.52. The molecule has 1 saturated heterocycles. The SMILES string of the molecule is COC(=O)c1cc2c(cc1Cl)CN=C2.COC(=O)c1cc2c(cc1Cl)CN=C2I.O=C1CCC(=O)N1I.[H-].[Na+]. The number of amides is 2. The fourth-order valence-electron chi connectivity index (χ4n) is 3.39. The first-order valence-electron chi connectivity index (χ1n) is 10.6. The summed E-state index contributed by atoms with van der Waals surface area (Å²) in [5, 5.41) is 0.836. The molecule has 0 spiro atoms. The number of benzene rings is 2. The predicted molar refractivity (Wildman–Crippen MR) is 157 cm³/mol. The first-order valence-corrected chi connectivity index (χ1v) is 13.4. The van der Waals surface area contributed by atoms with E-state index in [2.05, 4.69) is 42.0 Å². The second kappa shape index (κ2) is 15.1. The zero-order chi connectivity index (χ0) is 27.3. The molecule has 0 unspecified atom stereocenters. The van der Waals surface area contributed by atoms with Crippen LogP contribution in [0.5, 0.6) is 0 Å². The van der Waals surface area contributed by atoms with Gasteiger partial charge in [0.1, 0.15) is 3.72 Å². The van der Waals surface area contributed by atoms with Gasteiger partial charge in [0.2, 0.25) is 11.8 Å². The minimum atomic E-state index is -0.418. The van der Waals surface area contributed by atoms with Crippen LogP contribution in [0.2, 0.25) is 10.0 Å². The third-order valence-corrected chi connectivity index (χ3v) is 7.95. The number of fused-ring (bicyclic) bond motifs is 2. The molecular formula is C24H20Cl2I2N3NaO6. The van der Waals surface area contributed by atoms with Gasteiger partial charge in [0.15, 0.2) is 0 Å². The molecule has 3 heterocycles. The van der Waals surface area contributed by atoms with Gasteiger partial charge in [-0.05, 0) is 63.5 Å². The second-order valence-electron chi connectivity index (χ2n) is 7.65. The Balaban J connectivity index is 0.000000297. The van der Waals surface area contributed by atoms with Crippen LogP contribution in [0.3, 0.4) is 0 Å². The summed E-state index contributed by atoms with van der Waals surface area (Å²) in [6.45, 7) is 1.27. The van der Waals surface area contributed by atoms with Gasteiger partial charge >= 0.3 is 41.5 Å². The Morgan fingerprint density at radius 2 is 1.45 bits per heavy atom. The summed E-state index contributed by atoms with van der Waals surface area (Å²) < 4.78 is 11.3. The molecule has 2 aromatic carbocycles.